The maximum atomic E-state index is 6.52. The largest absolute Gasteiger partial charge is 0.457 e. The van der Waals surface area contributed by atoms with Gasteiger partial charge in [-0.3, -0.25) is 0 Å². The van der Waals surface area contributed by atoms with Crippen LogP contribution in [0.25, 0.3) is 0 Å². The molecule has 0 unspecified atom stereocenters. The fourth-order valence-electron chi connectivity index (χ4n) is 5.07. The van der Waals surface area contributed by atoms with Crippen LogP contribution >= 0.6 is 0 Å². The summed E-state index contributed by atoms with van der Waals surface area (Å²) in [6, 6.07) is 17.4. The Kier molecular flexibility index (Phi) is 6.50. The standard InChI is InChI=1S/C26H34O/c1-3-11-21(12-4-1)19-23-15-7-9-17-25(23)27-26-18-10-8-16-24(26)20-22-13-5-2-6-14-22/h7-10,15-18,21-22H,1-6,11-14,19-20H2. The van der Waals surface area contributed by atoms with Crippen molar-refractivity contribution >= 4 is 0 Å². The summed E-state index contributed by atoms with van der Waals surface area (Å²) in [5, 5.41) is 0. The lowest BCUT2D eigenvalue weighted by molar-refractivity contribution is 0.348. The van der Waals surface area contributed by atoms with Crippen molar-refractivity contribution < 1.29 is 4.74 Å². The van der Waals surface area contributed by atoms with Gasteiger partial charge in [0, 0.05) is 0 Å². The van der Waals surface area contributed by atoms with Crippen molar-refractivity contribution in [2.45, 2.75) is 77.0 Å². The van der Waals surface area contributed by atoms with Gasteiger partial charge in [-0.2, -0.15) is 0 Å². The predicted octanol–water partition coefficient (Wildman–Crippen LogP) is 7.72. The molecule has 4 rings (SSSR count). The van der Waals surface area contributed by atoms with Gasteiger partial charge in [0.2, 0.25) is 0 Å². The van der Waals surface area contributed by atoms with E-state index in [2.05, 4.69) is 48.5 Å². The van der Waals surface area contributed by atoms with Crippen LogP contribution in [0.4, 0.5) is 0 Å². The second-order valence-electron chi connectivity index (χ2n) is 8.73. The van der Waals surface area contributed by atoms with Gasteiger partial charge in [-0.25, -0.2) is 0 Å². The van der Waals surface area contributed by atoms with Crippen molar-refractivity contribution in [2.24, 2.45) is 11.8 Å². The fraction of sp³-hybridized carbons (Fsp3) is 0.538. The molecule has 144 valence electrons. The Morgan fingerprint density at radius 2 is 0.963 bits per heavy atom. The predicted molar refractivity (Wildman–Crippen MR) is 114 cm³/mol. The summed E-state index contributed by atoms with van der Waals surface area (Å²) < 4.78 is 6.52. The fourth-order valence-corrected chi connectivity index (χ4v) is 5.07. The third-order valence-electron chi connectivity index (χ3n) is 6.63. The molecular weight excluding hydrogens is 328 g/mol. The number of hydrogen-bond donors (Lipinski definition) is 0. The Morgan fingerprint density at radius 1 is 0.556 bits per heavy atom. The minimum Gasteiger partial charge on any atom is -0.457 e. The zero-order valence-corrected chi connectivity index (χ0v) is 16.7. The van der Waals surface area contributed by atoms with Crippen molar-refractivity contribution in [3.8, 4) is 11.5 Å². The van der Waals surface area contributed by atoms with Crippen LogP contribution in [0.3, 0.4) is 0 Å². The summed E-state index contributed by atoms with van der Waals surface area (Å²) in [4.78, 5) is 0. The summed E-state index contributed by atoms with van der Waals surface area (Å²) in [6.07, 6.45) is 16.3. The lowest BCUT2D eigenvalue weighted by atomic mass is 9.84. The maximum absolute atomic E-state index is 6.52. The van der Waals surface area contributed by atoms with Crippen LogP contribution < -0.4 is 4.74 Å². The minimum absolute atomic E-state index is 0.834. The molecule has 0 amide bonds. The lowest BCUT2D eigenvalue weighted by Crippen LogP contribution is -2.11. The zero-order chi connectivity index (χ0) is 18.3. The van der Waals surface area contributed by atoms with Gasteiger partial charge in [-0.1, -0.05) is 101 Å². The smallest absolute Gasteiger partial charge is 0.130 e. The van der Waals surface area contributed by atoms with Gasteiger partial charge in [0.25, 0.3) is 0 Å². The van der Waals surface area contributed by atoms with E-state index >= 15 is 0 Å². The zero-order valence-electron chi connectivity index (χ0n) is 16.7. The molecule has 2 aliphatic carbocycles. The van der Waals surface area contributed by atoms with Gasteiger partial charge in [-0.15, -0.1) is 0 Å². The summed E-state index contributed by atoms with van der Waals surface area (Å²) in [6.45, 7) is 0. The Morgan fingerprint density at radius 3 is 1.41 bits per heavy atom. The van der Waals surface area contributed by atoms with E-state index in [1.54, 1.807) is 0 Å². The first kappa shape index (κ1) is 18.6. The average Bonchev–Trinajstić information content (AvgIpc) is 2.72. The summed E-state index contributed by atoms with van der Waals surface area (Å²) in [5.41, 5.74) is 2.77. The SMILES string of the molecule is c1ccc(Oc2ccccc2CC2CCCCC2)c(CC2CCCCC2)c1. The Labute approximate surface area is 165 Å². The lowest BCUT2D eigenvalue weighted by Gasteiger charge is -2.24. The molecule has 2 aromatic carbocycles. The van der Waals surface area contributed by atoms with Crippen molar-refractivity contribution in [3.63, 3.8) is 0 Å². The molecule has 0 aliphatic heterocycles. The number of para-hydroxylation sites is 2. The highest BCUT2D eigenvalue weighted by molar-refractivity contribution is 5.41. The van der Waals surface area contributed by atoms with E-state index in [-0.39, 0.29) is 0 Å². The van der Waals surface area contributed by atoms with Gasteiger partial charge < -0.3 is 4.74 Å². The normalized spacial score (nSPS) is 19.1. The van der Waals surface area contributed by atoms with E-state index in [4.69, 9.17) is 4.74 Å². The Balaban J connectivity index is 1.49. The number of rotatable bonds is 6. The van der Waals surface area contributed by atoms with Gasteiger partial charge >= 0.3 is 0 Å². The molecule has 0 N–H and O–H groups in total. The molecule has 1 nitrogen and oxygen atoms in total. The van der Waals surface area contributed by atoms with Crippen molar-refractivity contribution in [1.82, 2.24) is 0 Å². The Bertz CT molecular complexity index is 646. The minimum atomic E-state index is 0.834. The van der Waals surface area contributed by atoms with Gasteiger partial charge in [0.05, 0.1) is 0 Å². The van der Waals surface area contributed by atoms with Crippen LogP contribution in [-0.4, -0.2) is 0 Å². The van der Waals surface area contributed by atoms with E-state index in [0.29, 0.717) is 0 Å². The third-order valence-corrected chi connectivity index (χ3v) is 6.63. The molecular formula is C26H34O. The molecule has 0 atom stereocenters. The molecule has 0 aromatic heterocycles. The average molecular weight is 363 g/mol. The third kappa shape index (κ3) is 5.15. The second kappa shape index (κ2) is 9.44. The topological polar surface area (TPSA) is 9.23 Å². The summed E-state index contributed by atoms with van der Waals surface area (Å²) in [7, 11) is 0. The summed E-state index contributed by atoms with van der Waals surface area (Å²) >= 11 is 0. The number of ether oxygens (including phenoxy) is 1. The van der Waals surface area contributed by atoms with Crippen LogP contribution in [0.1, 0.15) is 75.3 Å². The highest BCUT2D eigenvalue weighted by Gasteiger charge is 2.18. The van der Waals surface area contributed by atoms with Gasteiger partial charge in [-0.05, 0) is 47.9 Å². The molecule has 2 fully saturated rings. The number of benzene rings is 2. The molecule has 1 heteroatoms. The first-order valence-electron chi connectivity index (χ1n) is 11.2. The quantitative estimate of drug-likeness (QED) is 0.511. The first-order chi connectivity index (χ1) is 13.4. The Hall–Kier alpha value is -1.76. The monoisotopic (exact) mass is 362 g/mol. The highest BCUT2D eigenvalue weighted by Crippen LogP contribution is 2.35. The first-order valence-corrected chi connectivity index (χ1v) is 11.2. The molecule has 0 bridgehead atoms. The van der Waals surface area contributed by atoms with Crippen LogP contribution in [0, 0.1) is 11.8 Å². The van der Waals surface area contributed by atoms with Gasteiger partial charge in [0.15, 0.2) is 0 Å². The van der Waals surface area contributed by atoms with E-state index in [1.165, 1.54) is 88.2 Å². The van der Waals surface area contributed by atoms with Gasteiger partial charge in [0.1, 0.15) is 11.5 Å². The van der Waals surface area contributed by atoms with Crippen LogP contribution in [0.15, 0.2) is 48.5 Å². The van der Waals surface area contributed by atoms with E-state index < -0.39 is 0 Å². The van der Waals surface area contributed by atoms with Crippen molar-refractivity contribution in [3.05, 3.63) is 59.7 Å². The molecule has 0 saturated heterocycles. The van der Waals surface area contributed by atoms with E-state index in [9.17, 15) is 0 Å². The van der Waals surface area contributed by atoms with Crippen molar-refractivity contribution in [2.75, 3.05) is 0 Å². The molecule has 2 aliphatic rings. The molecule has 2 aromatic rings. The molecule has 0 heterocycles. The van der Waals surface area contributed by atoms with Crippen LogP contribution in [0.5, 0.6) is 11.5 Å². The van der Waals surface area contributed by atoms with Crippen LogP contribution in [0.2, 0.25) is 0 Å². The van der Waals surface area contributed by atoms with E-state index in [0.717, 1.165) is 23.3 Å². The molecule has 0 spiro atoms. The molecule has 0 radical (unpaired) electrons. The molecule has 2 saturated carbocycles. The highest BCUT2D eigenvalue weighted by atomic mass is 16.5. The van der Waals surface area contributed by atoms with Crippen molar-refractivity contribution in [1.29, 1.82) is 0 Å². The number of hydrogen-bond acceptors (Lipinski definition) is 1. The molecule has 27 heavy (non-hydrogen) atoms. The summed E-state index contributed by atoms with van der Waals surface area (Å²) in [5.74, 6) is 3.81. The van der Waals surface area contributed by atoms with Crippen LogP contribution in [-0.2, 0) is 12.8 Å². The maximum Gasteiger partial charge on any atom is 0.130 e. The van der Waals surface area contributed by atoms with E-state index in [1.807, 2.05) is 0 Å². The second-order valence-corrected chi connectivity index (χ2v) is 8.73.